The molecule has 0 radical (unpaired) electrons. The smallest absolute Gasteiger partial charge is 0.329 e. The van der Waals surface area contributed by atoms with E-state index in [4.69, 9.17) is 18.9 Å². The van der Waals surface area contributed by atoms with Gasteiger partial charge < -0.3 is 24.3 Å². The molecule has 0 aromatic heterocycles. The molecule has 1 spiro atoms. The number of esters is 1. The van der Waals surface area contributed by atoms with Crippen molar-refractivity contribution in [1.29, 1.82) is 0 Å². The highest BCUT2D eigenvalue weighted by Crippen LogP contribution is 2.41. The molecule has 1 aromatic carbocycles. The van der Waals surface area contributed by atoms with Crippen LogP contribution in [0, 0.1) is 11.3 Å². The van der Waals surface area contributed by atoms with E-state index in [1.54, 1.807) is 26.2 Å². The van der Waals surface area contributed by atoms with E-state index in [-0.39, 0.29) is 17.8 Å². The summed E-state index contributed by atoms with van der Waals surface area (Å²) in [6, 6.07) is 6.40. The van der Waals surface area contributed by atoms with Crippen LogP contribution in [0.4, 0.5) is 5.69 Å². The molecule has 160 valence electrons. The van der Waals surface area contributed by atoms with E-state index < -0.39 is 23.7 Å². The summed E-state index contributed by atoms with van der Waals surface area (Å²) >= 11 is 0. The van der Waals surface area contributed by atoms with Crippen molar-refractivity contribution >= 4 is 17.4 Å². The number of methoxy groups -OCH3 is 1. The molecule has 1 saturated carbocycles. The third kappa shape index (κ3) is 5.08. The lowest BCUT2D eigenvalue weighted by atomic mass is 9.78. The Morgan fingerprint density at radius 1 is 1.24 bits per heavy atom. The molecule has 1 aromatic rings. The Hall–Kier alpha value is -2.12. The van der Waals surface area contributed by atoms with Crippen LogP contribution in [0.25, 0.3) is 0 Å². The molecule has 1 saturated heterocycles. The van der Waals surface area contributed by atoms with Crippen LogP contribution in [0.2, 0.25) is 0 Å². The van der Waals surface area contributed by atoms with Crippen LogP contribution in [0.3, 0.4) is 0 Å². The second kappa shape index (κ2) is 8.71. The Balaban J connectivity index is 1.81. The van der Waals surface area contributed by atoms with Crippen LogP contribution in [-0.2, 0) is 23.8 Å². The Bertz CT molecular complexity index is 719. The average molecular weight is 405 g/mol. The predicted molar refractivity (Wildman–Crippen MR) is 108 cm³/mol. The lowest BCUT2D eigenvalue weighted by molar-refractivity contribution is -0.311. The number of carbonyl (C=O) groups is 2. The van der Waals surface area contributed by atoms with Crippen LogP contribution in [-0.4, -0.2) is 50.5 Å². The first kappa shape index (κ1) is 21.6. The van der Waals surface area contributed by atoms with Crippen LogP contribution >= 0.6 is 0 Å². The molecule has 2 aliphatic rings. The van der Waals surface area contributed by atoms with Crippen molar-refractivity contribution in [2.45, 2.75) is 51.9 Å². The molecule has 0 amide bonds. The molecule has 2 fully saturated rings. The second-order valence-corrected chi connectivity index (χ2v) is 8.53. The second-order valence-electron chi connectivity index (χ2n) is 8.53. The maximum atomic E-state index is 12.8. The molecule has 1 heterocycles. The number of benzene rings is 1. The van der Waals surface area contributed by atoms with Gasteiger partial charge in [-0.25, -0.2) is 4.79 Å². The van der Waals surface area contributed by atoms with Gasteiger partial charge in [0.25, 0.3) is 0 Å². The van der Waals surface area contributed by atoms with Gasteiger partial charge in [0, 0.05) is 30.4 Å². The van der Waals surface area contributed by atoms with Crippen LogP contribution in [0.15, 0.2) is 24.3 Å². The number of nitrogens with one attached hydrogen (secondary N) is 1. The van der Waals surface area contributed by atoms with E-state index in [1.165, 1.54) is 0 Å². The summed E-state index contributed by atoms with van der Waals surface area (Å²) in [4.78, 5) is 25.6. The van der Waals surface area contributed by atoms with Gasteiger partial charge in [0.2, 0.25) is 0 Å². The number of hydrogen-bond acceptors (Lipinski definition) is 7. The van der Waals surface area contributed by atoms with Gasteiger partial charge in [-0.15, -0.1) is 0 Å². The van der Waals surface area contributed by atoms with Crippen molar-refractivity contribution in [3.63, 3.8) is 0 Å². The van der Waals surface area contributed by atoms with Crippen molar-refractivity contribution in [2.75, 3.05) is 32.2 Å². The Morgan fingerprint density at radius 3 is 2.48 bits per heavy atom. The third-order valence-corrected chi connectivity index (χ3v) is 5.50. The first-order valence-corrected chi connectivity index (χ1v) is 10.2. The van der Waals surface area contributed by atoms with Crippen molar-refractivity contribution in [3.8, 4) is 5.75 Å². The maximum absolute atomic E-state index is 12.8. The van der Waals surface area contributed by atoms with Gasteiger partial charge >= 0.3 is 5.97 Å². The summed E-state index contributed by atoms with van der Waals surface area (Å²) in [6.45, 7) is 7.28. The summed E-state index contributed by atoms with van der Waals surface area (Å²) in [7, 11) is 1.59. The first-order chi connectivity index (χ1) is 13.8. The monoisotopic (exact) mass is 405 g/mol. The maximum Gasteiger partial charge on any atom is 0.329 e. The lowest BCUT2D eigenvalue weighted by Gasteiger charge is -2.47. The van der Waals surface area contributed by atoms with E-state index in [0.29, 0.717) is 43.9 Å². The standard InChI is InChI=1S/C22H31NO6/c1-5-27-20(25)19(23-15-6-8-16(26-4)9-7-15)17-12-22(11-10-18(17)24)28-13-21(2,3)14-29-22/h6-9,17,19,23H,5,10-14H2,1-4H3/t17-,19-/m0/s1. The minimum absolute atomic E-state index is 0.0201. The fraction of sp³-hybridized carbons (Fsp3) is 0.636. The highest BCUT2D eigenvalue weighted by atomic mass is 16.7. The minimum Gasteiger partial charge on any atom is -0.497 e. The van der Waals surface area contributed by atoms with Gasteiger partial charge in [-0.05, 0) is 31.2 Å². The molecule has 1 N–H and O–H groups in total. The molecular weight excluding hydrogens is 374 g/mol. The quantitative estimate of drug-likeness (QED) is 0.728. The van der Waals surface area contributed by atoms with Gasteiger partial charge in [-0.2, -0.15) is 0 Å². The van der Waals surface area contributed by atoms with E-state index in [1.807, 2.05) is 12.1 Å². The molecule has 3 rings (SSSR count). The number of anilines is 1. The summed E-state index contributed by atoms with van der Waals surface area (Å²) in [5.41, 5.74) is 0.646. The van der Waals surface area contributed by atoms with Gasteiger partial charge in [0.1, 0.15) is 17.6 Å². The van der Waals surface area contributed by atoms with Crippen LogP contribution < -0.4 is 10.1 Å². The van der Waals surface area contributed by atoms with Gasteiger partial charge in [-0.3, -0.25) is 4.79 Å². The highest BCUT2D eigenvalue weighted by Gasteiger charge is 2.50. The molecule has 7 nitrogen and oxygen atoms in total. The summed E-state index contributed by atoms with van der Waals surface area (Å²) in [5, 5.41) is 3.19. The van der Waals surface area contributed by atoms with E-state index in [0.717, 1.165) is 0 Å². The molecule has 2 atom stereocenters. The number of carbonyl (C=O) groups excluding carboxylic acids is 2. The van der Waals surface area contributed by atoms with Gasteiger partial charge in [0.15, 0.2) is 5.79 Å². The molecule has 7 heteroatoms. The topological polar surface area (TPSA) is 83.1 Å². The number of ketones is 1. The largest absolute Gasteiger partial charge is 0.497 e. The minimum atomic E-state index is -0.819. The molecule has 29 heavy (non-hydrogen) atoms. The average Bonchev–Trinajstić information content (AvgIpc) is 2.71. The Kier molecular flexibility index (Phi) is 6.49. The van der Waals surface area contributed by atoms with Crippen molar-refractivity contribution in [3.05, 3.63) is 24.3 Å². The third-order valence-electron chi connectivity index (χ3n) is 5.50. The zero-order valence-electron chi connectivity index (χ0n) is 17.7. The fourth-order valence-electron chi connectivity index (χ4n) is 3.78. The lowest BCUT2D eigenvalue weighted by Crippen LogP contribution is -2.55. The summed E-state index contributed by atoms with van der Waals surface area (Å²) < 4.78 is 22.7. The van der Waals surface area contributed by atoms with Crippen LogP contribution in [0.1, 0.15) is 40.0 Å². The predicted octanol–water partition coefficient (Wildman–Crippen LogP) is 3.18. The fourth-order valence-corrected chi connectivity index (χ4v) is 3.78. The summed E-state index contributed by atoms with van der Waals surface area (Å²) in [5.74, 6) is -1.13. The zero-order valence-corrected chi connectivity index (χ0v) is 17.7. The molecule has 0 bridgehead atoms. The number of hydrogen-bond donors (Lipinski definition) is 1. The molecular formula is C22H31NO6. The van der Waals surface area contributed by atoms with Crippen molar-refractivity contribution in [1.82, 2.24) is 0 Å². The van der Waals surface area contributed by atoms with Gasteiger partial charge in [-0.1, -0.05) is 13.8 Å². The number of ether oxygens (including phenoxy) is 4. The van der Waals surface area contributed by atoms with E-state index in [2.05, 4.69) is 19.2 Å². The van der Waals surface area contributed by atoms with Crippen molar-refractivity contribution < 1.29 is 28.5 Å². The normalized spacial score (nSPS) is 24.0. The summed E-state index contributed by atoms with van der Waals surface area (Å²) in [6.07, 6.45) is 1.15. The van der Waals surface area contributed by atoms with Crippen LogP contribution in [0.5, 0.6) is 5.75 Å². The number of rotatable bonds is 6. The first-order valence-electron chi connectivity index (χ1n) is 10.2. The molecule has 1 aliphatic heterocycles. The van der Waals surface area contributed by atoms with Gasteiger partial charge in [0.05, 0.1) is 32.8 Å². The highest BCUT2D eigenvalue weighted by molar-refractivity contribution is 5.91. The molecule has 1 aliphatic carbocycles. The zero-order chi connectivity index (χ0) is 21.1. The Labute approximate surface area is 172 Å². The Morgan fingerprint density at radius 2 is 1.90 bits per heavy atom. The molecule has 0 unspecified atom stereocenters. The van der Waals surface area contributed by atoms with E-state index in [9.17, 15) is 9.59 Å². The van der Waals surface area contributed by atoms with Crippen molar-refractivity contribution in [2.24, 2.45) is 11.3 Å². The number of Topliss-reactive ketones (excluding diaryl/α,β-unsaturated/α-hetero) is 1. The van der Waals surface area contributed by atoms with E-state index >= 15 is 0 Å². The SMILES string of the molecule is CCOC(=O)[C@@H](Nc1ccc(OC)cc1)[C@H]1CC2(CCC1=O)OCC(C)(C)CO2.